The largest absolute Gasteiger partial charge is 0.444 e. The minimum Gasteiger partial charge on any atom is -0.444 e. The highest BCUT2D eigenvalue weighted by Gasteiger charge is 2.50. The van der Waals surface area contributed by atoms with Gasteiger partial charge in [-0.15, -0.1) is 0 Å². The van der Waals surface area contributed by atoms with Gasteiger partial charge in [0.2, 0.25) is 0 Å². The van der Waals surface area contributed by atoms with Crippen molar-refractivity contribution in [3.63, 3.8) is 0 Å². The van der Waals surface area contributed by atoms with Gasteiger partial charge in [0, 0.05) is 20.6 Å². The standard InChI is InChI=1S/C16H23BrClN3O2/c1-15(2,3)23-14(22)21(5)16(6-7-16)10-20(4)11-8-12(17)13(18)19-9-11/h8-9H,6-7,10H2,1-5H3. The number of carbonyl (C=O) groups is 1. The van der Waals surface area contributed by atoms with Crippen molar-refractivity contribution >= 4 is 39.3 Å². The first kappa shape index (κ1) is 18.3. The number of hydrogen-bond donors (Lipinski definition) is 0. The van der Waals surface area contributed by atoms with E-state index in [2.05, 4.69) is 25.8 Å². The normalized spacial score (nSPS) is 16.0. The third kappa shape index (κ3) is 4.51. The zero-order chi connectivity index (χ0) is 17.4. The Morgan fingerprint density at radius 2 is 2.04 bits per heavy atom. The lowest BCUT2D eigenvalue weighted by atomic mass is 10.2. The molecule has 0 unspecified atom stereocenters. The minimum atomic E-state index is -0.488. The van der Waals surface area contributed by atoms with Crippen LogP contribution in [0.1, 0.15) is 33.6 Å². The summed E-state index contributed by atoms with van der Waals surface area (Å²) in [6, 6.07) is 1.93. The van der Waals surface area contributed by atoms with E-state index in [1.807, 2.05) is 40.9 Å². The molecule has 128 valence electrons. The molecule has 23 heavy (non-hydrogen) atoms. The van der Waals surface area contributed by atoms with Gasteiger partial charge in [-0.05, 0) is 55.6 Å². The van der Waals surface area contributed by atoms with Crippen LogP contribution >= 0.6 is 27.5 Å². The van der Waals surface area contributed by atoms with E-state index in [0.29, 0.717) is 5.15 Å². The second-order valence-corrected chi connectivity index (χ2v) is 8.30. The van der Waals surface area contributed by atoms with E-state index in [-0.39, 0.29) is 11.6 Å². The maximum Gasteiger partial charge on any atom is 0.410 e. The van der Waals surface area contributed by atoms with Crippen LogP contribution in [0.25, 0.3) is 0 Å². The molecule has 0 spiro atoms. The van der Waals surface area contributed by atoms with E-state index in [4.69, 9.17) is 16.3 Å². The van der Waals surface area contributed by atoms with Crippen LogP contribution in [0.5, 0.6) is 0 Å². The summed E-state index contributed by atoms with van der Waals surface area (Å²) in [6.07, 6.45) is 3.39. The number of halogens is 2. The van der Waals surface area contributed by atoms with Crippen molar-refractivity contribution in [3.05, 3.63) is 21.9 Å². The number of rotatable bonds is 4. The Balaban J connectivity index is 2.06. The highest BCUT2D eigenvalue weighted by molar-refractivity contribution is 9.10. The molecule has 1 saturated carbocycles. The zero-order valence-electron chi connectivity index (χ0n) is 14.2. The Kier molecular flexibility index (Phi) is 5.16. The molecule has 0 radical (unpaired) electrons. The molecule has 0 bridgehead atoms. The van der Waals surface area contributed by atoms with Gasteiger partial charge in [0.15, 0.2) is 0 Å². The van der Waals surface area contributed by atoms with Gasteiger partial charge >= 0.3 is 6.09 Å². The summed E-state index contributed by atoms with van der Waals surface area (Å²) in [5.74, 6) is 0. The number of amides is 1. The molecule has 0 aliphatic heterocycles. The molecule has 0 atom stereocenters. The zero-order valence-corrected chi connectivity index (χ0v) is 16.5. The monoisotopic (exact) mass is 403 g/mol. The summed E-state index contributed by atoms with van der Waals surface area (Å²) < 4.78 is 6.24. The fraction of sp³-hybridized carbons (Fsp3) is 0.625. The number of anilines is 1. The molecule has 1 aliphatic rings. The molecule has 1 aromatic rings. The SMILES string of the molecule is CN(CC1(N(C)C(=O)OC(C)(C)C)CC1)c1cnc(Cl)c(Br)c1. The summed E-state index contributed by atoms with van der Waals surface area (Å²) in [6.45, 7) is 6.35. The van der Waals surface area contributed by atoms with Gasteiger partial charge in [-0.2, -0.15) is 0 Å². The van der Waals surface area contributed by atoms with Gasteiger partial charge in [-0.1, -0.05) is 11.6 Å². The van der Waals surface area contributed by atoms with E-state index in [0.717, 1.165) is 29.5 Å². The van der Waals surface area contributed by atoms with Crippen molar-refractivity contribution in [3.8, 4) is 0 Å². The molecule has 1 fully saturated rings. The average Bonchev–Trinajstić information content (AvgIpc) is 3.19. The second-order valence-electron chi connectivity index (χ2n) is 7.09. The van der Waals surface area contributed by atoms with Gasteiger partial charge in [0.25, 0.3) is 0 Å². The lowest BCUT2D eigenvalue weighted by molar-refractivity contribution is 0.0202. The fourth-order valence-electron chi connectivity index (χ4n) is 2.42. The molecule has 1 aliphatic carbocycles. The molecule has 7 heteroatoms. The van der Waals surface area contributed by atoms with Crippen molar-refractivity contribution in [2.24, 2.45) is 0 Å². The Hall–Kier alpha value is -1.01. The van der Waals surface area contributed by atoms with E-state index in [1.165, 1.54) is 0 Å². The first-order chi connectivity index (χ1) is 10.5. The van der Waals surface area contributed by atoms with Gasteiger partial charge in [-0.3, -0.25) is 0 Å². The van der Waals surface area contributed by atoms with Crippen LogP contribution in [0.4, 0.5) is 10.5 Å². The summed E-state index contributed by atoms with van der Waals surface area (Å²) in [7, 11) is 3.80. The maximum absolute atomic E-state index is 12.3. The number of hydrogen-bond acceptors (Lipinski definition) is 4. The predicted molar refractivity (Wildman–Crippen MR) is 96.2 cm³/mol. The van der Waals surface area contributed by atoms with Gasteiger partial charge in [-0.25, -0.2) is 9.78 Å². The third-order valence-corrected chi connectivity index (χ3v) is 5.09. The number of carbonyl (C=O) groups excluding carboxylic acids is 1. The molecular weight excluding hydrogens is 382 g/mol. The molecule has 1 amide bonds. The van der Waals surface area contributed by atoms with Crippen LogP contribution in [-0.2, 0) is 4.74 Å². The van der Waals surface area contributed by atoms with Crippen LogP contribution in [0.3, 0.4) is 0 Å². The van der Waals surface area contributed by atoms with Gasteiger partial charge in [0.1, 0.15) is 10.8 Å². The van der Waals surface area contributed by atoms with Gasteiger partial charge < -0.3 is 14.5 Å². The fourth-order valence-corrected chi connectivity index (χ4v) is 2.86. The Morgan fingerprint density at radius 1 is 1.43 bits per heavy atom. The van der Waals surface area contributed by atoms with E-state index < -0.39 is 5.60 Å². The molecular formula is C16H23BrClN3O2. The highest BCUT2D eigenvalue weighted by Crippen LogP contribution is 2.43. The van der Waals surface area contributed by atoms with E-state index in [9.17, 15) is 4.79 Å². The molecule has 5 nitrogen and oxygen atoms in total. The summed E-state index contributed by atoms with van der Waals surface area (Å²) in [4.78, 5) is 20.3. The van der Waals surface area contributed by atoms with Crippen molar-refractivity contribution in [1.29, 1.82) is 0 Å². The molecule has 1 aromatic heterocycles. The van der Waals surface area contributed by atoms with Crippen molar-refractivity contribution in [2.75, 3.05) is 25.5 Å². The van der Waals surface area contributed by atoms with Crippen molar-refractivity contribution in [2.45, 2.75) is 44.8 Å². The van der Waals surface area contributed by atoms with Crippen LogP contribution in [0, 0.1) is 0 Å². The number of pyridine rings is 1. The quantitative estimate of drug-likeness (QED) is 0.701. The minimum absolute atomic E-state index is 0.177. The van der Waals surface area contributed by atoms with Crippen LogP contribution in [-0.4, -0.2) is 47.8 Å². The second kappa shape index (κ2) is 6.48. The number of likely N-dealkylation sites (N-methyl/N-ethyl adjacent to an activating group) is 2. The molecule has 0 aromatic carbocycles. The highest BCUT2D eigenvalue weighted by atomic mass is 79.9. The predicted octanol–water partition coefficient (Wildman–Crippen LogP) is 4.33. The maximum atomic E-state index is 12.3. The Bertz CT molecular complexity index is 599. The summed E-state index contributed by atoms with van der Waals surface area (Å²) in [5, 5.41) is 0.439. The Labute approximate surface area is 151 Å². The number of ether oxygens (including phenoxy) is 1. The molecule has 1 heterocycles. The topological polar surface area (TPSA) is 45.7 Å². The van der Waals surface area contributed by atoms with Crippen LogP contribution in [0.2, 0.25) is 5.15 Å². The van der Waals surface area contributed by atoms with E-state index >= 15 is 0 Å². The van der Waals surface area contributed by atoms with Crippen LogP contribution in [0.15, 0.2) is 16.7 Å². The van der Waals surface area contributed by atoms with E-state index in [1.54, 1.807) is 11.1 Å². The summed E-state index contributed by atoms with van der Waals surface area (Å²) in [5.41, 5.74) is 0.284. The molecule has 0 N–H and O–H groups in total. The van der Waals surface area contributed by atoms with Gasteiger partial charge in [0.05, 0.1) is 21.9 Å². The smallest absolute Gasteiger partial charge is 0.410 e. The number of aromatic nitrogens is 1. The summed E-state index contributed by atoms with van der Waals surface area (Å²) >= 11 is 9.33. The Morgan fingerprint density at radius 3 is 2.52 bits per heavy atom. The lowest BCUT2D eigenvalue weighted by Crippen LogP contribution is -2.48. The molecule has 0 saturated heterocycles. The first-order valence-corrected chi connectivity index (χ1v) is 8.70. The third-order valence-electron chi connectivity index (χ3n) is 3.96. The number of nitrogens with zero attached hydrogens (tertiary/aromatic N) is 3. The first-order valence-electron chi connectivity index (χ1n) is 7.53. The van der Waals surface area contributed by atoms with Crippen LogP contribution < -0.4 is 4.90 Å². The lowest BCUT2D eigenvalue weighted by Gasteiger charge is -2.34. The average molecular weight is 405 g/mol. The van der Waals surface area contributed by atoms with Crippen molar-refractivity contribution in [1.82, 2.24) is 9.88 Å². The molecule has 2 rings (SSSR count). The van der Waals surface area contributed by atoms with Crippen molar-refractivity contribution < 1.29 is 9.53 Å².